The average Bonchev–Trinajstić information content (AvgIpc) is 2.45. The smallest absolute Gasteiger partial charge is 0.318 e. The van der Waals surface area contributed by atoms with E-state index < -0.39 is 22.7 Å². The van der Waals surface area contributed by atoms with Gasteiger partial charge in [-0.2, -0.15) is 0 Å². The number of anilines is 1. The SMILES string of the molecule is COC(=O)C12CC(CNc3ccccc3C(C)C)(C1)C2(F)F. The first kappa shape index (κ1) is 15.3. The van der Waals surface area contributed by atoms with E-state index in [1.165, 1.54) is 7.11 Å². The number of methoxy groups -OCH3 is 1. The highest BCUT2D eigenvalue weighted by atomic mass is 19.3. The Balaban J connectivity index is 1.72. The van der Waals surface area contributed by atoms with E-state index in [4.69, 9.17) is 0 Å². The van der Waals surface area contributed by atoms with Gasteiger partial charge in [0, 0.05) is 12.2 Å². The van der Waals surface area contributed by atoms with Crippen LogP contribution < -0.4 is 5.32 Å². The third kappa shape index (κ3) is 1.68. The van der Waals surface area contributed by atoms with Crippen molar-refractivity contribution in [2.24, 2.45) is 10.8 Å². The molecule has 1 aromatic rings. The normalized spacial score (nSPS) is 31.2. The summed E-state index contributed by atoms with van der Waals surface area (Å²) in [6, 6.07) is 7.75. The molecule has 120 valence electrons. The molecule has 5 heteroatoms. The van der Waals surface area contributed by atoms with E-state index in [1.54, 1.807) is 0 Å². The maximum Gasteiger partial charge on any atom is 0.318 e. The third-order valence-corrected chi connectivity index (χ3v) is 5.32. The predicted octanol–water partition coefficient (Wildman–Crippen LogP) is 3.81. The number of nitrogens with one attached hydrogen (secondary N) is 1. The summed E-state index contributed by atoms with van der Waals surface area (Å²) in [4.78, 5) is 11.6. The van der Waals surface area contributed by atoms with E-state index in [2.05, 4.69) is 23.9 Å². The Morgan fingerprint density at radius 3 is 2.50 bits per heavy atom. The molecular weight excluding hydrogens is 288 g/mol. The monoisotopic (exact) mass is 309 g/mol. The number of hydrogen-bond acceptors (Lipinski definition) is 3. The fraction of sp³-hybridized carbons (Fsp3) is 0.588. The Labute approximate surface area is 129 Å². The van der Waals surface area contributed by atoms with Gasteiger partial charge in [-0.15, -0.1) is 0 Å². The fourth-order valence-corrected chi connectivity index (χ4v) is 3.97. The second-order valence-electron chi connectivity index (χ2n) is 6.88. The second-order valence-corrected chi connectivity index (χ2v) is 6.88. The van der Waals surface area contributed by atoms with Crippen LogP contribution in [0.25, 0.3) is 0 Å². The zero-order chi connectivity index (χ0) is 16.2. The van der Waals surface area contributed by atoms with Crippen LogP contribution in [0.2, 0.25) is 0 Å². The molecule has 3 aliphatic carbocycles. The van der Waals surface area contributed by atoms with Gasteiger partial charge in [-0.1, -0.05) is 32.0 Å². The number of ether oxygens (including phenoxy) is 1. The highest BCUT2D eigenvalue weighted by Crippen LogP contribution is 2.81. The minimum Gasteiger partial charge on any atom is -0.468 e. The highest BCUT2D eigenvalue weighted by Gasteiger charge is 2.91. The summed E-state index contributed by atoms with van der Waals surface area (Å²) in [7, 11) is 1.17. The van der Waals surface area contributed by atoms with E-state index in [1.807, 2.05) is 24.3 Å². The van der Waals surface area contributed by atoms with Crippen LogP contribution in [0.3, 0.4) is 0 Å². The topological polar surface area (TPSA) is 38.3 Å². The summed E-state index contributed by atoms with van der Waals surface area (Å²) in [6.45, 7) is 4.33. The predicted molar refractivity (Wildman–Crippen MR) is 80.1 cm³/mol. The Bertz CT molecular complexity index is 606. The van der Waals surface area contributed by atoms with E-state index in [-0.39, 0.29) is 19.4 Å². The quantitative estimate of drug-likeness (QED) is 0.841. The number of halogens is 2. The van der Waals surface area contributed by atoms with E-state index >= 15 is 0 Å². The molecule has 0 amide bonds. The lowest BCUT2D eigenvalue weighted by atomic mass is 9.32. The van der Waals surface area contributed by atoms with Gasteiger partial charge in [-0.25, -0.2) is 8.78 Å². The Morgan fingerprint density at radius 1 is 1.32 bits per heavy atom. The molecule has 0 aromatic heterocycles. The van der Waals surface area contributed by atoms with Gasteiger partial charge in [0.2, 0.25) is 0 Å². The standard InChI is InChI=1S/C17H21F2NO2/c1-11(2)12-6-4-5-7-13(12)20-10-15-8-16(9-15,14(21)22-3)17(15,18)19/h4-7,11,20H,8-10H2,1-3H3. The molecule has 3 aliphatic rings. The number of carbonyl (C=O) groups is 1. The van der Waals surface area contributed by atoms with Crippen LogP contribution in [0, 0.1) is 10.8 Å². The molecule has 1 aromatic carbocycles. The van der Waals surface area contributed by atoms with Crippen LogP contribution in [-0.2, 0) is 9.53 Å². The van der Waals surface area contributed by atoms with Gasteiger partial charge < -0.3 is 10.1 Å². The Morgan fingerprint density at radius 2 is 1.95 bits per heavy atom. The third-order valence-electron chi connectivity index (χ3n) is 5.32. The van der Waals surface area contributed by atoms with Crippen LogP contribution in [0.1, 0.15) is 38.2 Å². The molecule has 3 saturated carbocycles. The van der Waals surface area contributed by atoms with Gasteiger partial charge in [-0.05, 0) is 30.4 Å². The summed E-state index contributed by atoms with van der Waals surface area (Å²) >= 11 is 0. The van der Waals surface area contributed by atoms with E-state index in [0.29, 0.717) is 5.92 Å². The van der Waals surface area contributed by atoms with Crippen LogP contribution in [-0.4, -0.2) is 25.5 Å². The number of rotatable bonds is 5. The number of esters is 1. The number of alkyl halides is 2. The number of benzene rings is 1. The maximum atomic E-state index is 14.4. The summed E-state index contributed by atoms with van der Waals surface area (Å²) < 4.78 is 33.3. The summed E-state index contributed by atoms with van der Waals surface area (Å²) in [5, 5.41) is 3.17. The van der Waals surface area contributed by atoms with Crippen LogP contribution in [0.5, 0.6) is 0 Å². The molecule has 0 unspecified atom stereocenters. The van der Waals surface area contributed by atoms with Crippen molar-refractivity contribution in [3.63, 3.8) is 0 Å². The van der Waals surface area contributed by atoms with Crippen molar-refractivity contribution >= 4 is 11.7 Å². The van der Waals surface area contributed by atoms with Crippen molar-refractivity contribution in [1.82, 2.24) is 0 Å². The van der Waals surface area contributed by atoms with Gasteiger partial charge in [-0.3, -0.25) is 4.79 Å². The molecule has 0 saturated heterocycles. The summed E-state index contributed by atoms with van der Waals surface area (Å²) in [5.41, 5.74) is -0.669. The average molecular weight is 309 g/mol. The summed E-state index contributed by atoms with van der Waals surface area (Å²) in [6.07, 6.45) is 0.410. The molecule has 3 fully saturated rings. The molecular formula is C17H21F2NO2. The Kier molecular flexibility index (Phi) is 3.24. The number of para-hydroxylation sites is 1. The van der Waals surface area contributed by atoms with Crippen LogP contribution in [0.4, 0.5) is 14.5 Å². The van der Waals surface area contributed by atoms with Crippen LogP contribution >= 0.6 is 0 Å². The van der Waals surface area contributed by atoms with Gasteiger partial charge in [0.15, 0.2) is 0 Å². The molecule has 0 radical (unpaired) electrons. The molecule has 0 heterocycles. The van der Waals surface area contributed by atoms with Crippen molar-refractivity contribution in [2.45, 2.75) is 38.5 Å². The molecule has 4 rings (SSSR count). The molecule has 1 N–H and O–H groups in total. The number of hydrogen-bond donors (Lipinski definition) is 1. The molecule has 3 nitrogen and oxygen atoms in total. The minimum atomic E-state index is -2.98. The van der Waals surface area contributed by atoms with E-state index in [0.717, 1.165) is 11.3 Å². The first-order valence-corrected chi connectivity index (χ1v) is 7.59. The highest BCUT2D eigenvalue weighted by molar-refractivity contribution is 5.83. The molecule has 0 atom stereocenters. The van der Waals surface area contributed by atoms with Crippen molar-refractivity contribution < 1.29 is 18.3 Å². The lowest BCUT2D eigenvalue weighted by Crippen LogP contribution is -2.83. The molecule has 0 aliphatic heterocycles. The van der Waals surface area contributed by atoms with Gasteiger partial charge >= 0.3 is 5.97 Å². The Hall–Kier alpha value is -1.65. The molecule has 2 bridgehead atoms. The lowest BCUT2D eigenvalue weighted by molar-refractivity contribution is -0.392. The first-order chi connectivity index (χ1) is 10.3. The second kappa shape index (κ2) is 4.67. The zero-order valence-corrected chi connectivity index (χ0v) is 13.1. The van der Waals surface area contributed by atoms with Crippen molar-refractivity contribution in [1.29, 1.82) is 0 Å². The fourth-order valence-electron chi connectivity index (χ4n) is 3.97. The van der Waals surface area contributed by atoms with Crippen molar-refractivity contribution in [3.8, 4) is 0 Å². The largest absolute Gasteiger partial charge is 0.468 e. The molecule has 22 heavy (non-hydrogen) atoms. The minimum absolute atomic E-state index is 0.183. The zero-order valence-electron chi connectivity index (χ0n) is 13.1. The van der Waals surface area contributed by atoms with Gasteiger partial charge in [0.25, 0.3) is 5.92 Å². The van der Waals surface area contributed by atoms with Crippen molar-refractivity contribution in [2.75, 3.05) is 19.0 Å². The number of carbonyl (C=O) groups excluding carboxylic acids is 1. The van der Waals surface area contributed by atoms with Crippen LogP contribution in [0.15, 0.2) is 24.3 Å². The maximum absolute atomic E-state index is 14.4. The van der Waals surface area contributed by atoms with Gasteiger partial charge in [0.05, 0.1) is 12.5 Å². The van der Waals surface area contributed by atoms with Crippen molar-refractivity contribution in [3.05, 3.63) is 29.8 Å². The molecule has 0 spiro atoms. The van der Waals surface area contributed by atoms with Gasteiger partial charge in [0.1, 0.15) is 5.41 Å². The first-order valence-electron chi connectivity index (χ1n) is 7.59. The summed E-state index contributed by atoms with van der Waals surface area (Å²) in [5.74, 6) is -3.44. The van der Waals surface area contributed by atoms with E-state index in [9.17, 15) is 13.6 Å². The lowest BCUT2D eigenvalue weighted by Gasteiger charge is -2.73.